The van der Waals surface area contributed by atoms with E-state index in [-0.39, 0.29) is 11.7 Å². The third-order valence-electron chi connectivity index (χ3n) is 2.56. The lowest BCUT2D eigenvalue weighted by Crippen LogP contribution is -2.10. The molecule has 2 aromatic rings. The van der Waals surface area contributed by atoms with Gasteiger partial charge in [0.25, 0.3) is 5.91 Å². The van der Waals surface area contributed by atoms with E-state index in [1.807, 2.05) is 0 Å². The van der Waals surface area contributed by atoms with E-state index in [4.69, 9.17) is 4.74 Å². The summed E-state index contributed by atoms with van der Waals surface area (Å²) in [6.07, 6.45) is 0. The fourth-order valence-electron chi connectivity index (χ4n) is 1.55. The fraction of sp³-hybridized carbons (Fsp3) is 0.143. The zero-order valence-corrected chi connectivity index (χ0v) is 11.4. The van der Waals surface area contributed by atoms with Crippen LogP contribution in [0.1, 0.15) is 27.0 Å². The highest BCUT2D eigenvalue weighted by molar-refractivity contribution is 7.12. The number of anilines is 1. The van der Waals surface area contributed by atoms with E-state index in [1.165, 1.54) is 18.3 Å². The van der Waals surface area contributed by atoms with Crippen molar-refractivity contribution in [2.75, 3.05) is 12.4 Å². The molecule has 98 valence electrons. The van der Waals surface area contributed by atoms with Crippen molar-refractivity contribution in [1.82, 2.24) is 0 Å². The Kier molecular flexibility index (Phi) is 3.97. The molecular formula is C14H13NO3S. The Bertz CT molecular complexity index is 619. The van der Waals surface area contributed by atoms with Gasteiger partial charge in [0.05, 0.1) is 12.0 Å². The largest absolute Gasteiger partial charge is 0.496 e. The predicted molar refractivity (Wildman–Crippen MR) is 75.3 cm³/mol. The molecule has 0 atom stereocenters. The van der Waals surface area contributed by atoms with Crippen LogP contribution in [0.15, 0.2) is 35.7 Å². The number of hydrogen-bond acceptors (Lipinski definition) is 4. The van der Waals surface area contributed by atoms with Crippen molar-refractivity contribution < 1.29 is 14.3 Å². The minimum atomic E-state index is -0.214. The molecule has 1 heterocycles. The highest BCUT2D eigenvalue weighted by atomic mass is 32.1. The number of carbonyl (C=O) groups excluding carboxylic acids is 2. The average Bonchev–Trinajstić information content (AvgIpc) is 2.88. The number of methoxy groups -OCH3 is 1. The van der Waals surface area contributed by atoms with Crippen LogP contribution in [-0.4, -0.2) is 18.8 Å². The van der Waals surface area contributed by atoms with Crippen LogP contribution in [0.5, 0.6) is 5.75 Å². The molecule has 19 heavy (non-hydrogen) atoms. The summed E-state index contributed by atoms with van der Waals surface area (Å²) >= 11 is 1.31. The molecule has 0 aliphatic heterocycles. The van der Waals surface area contributed by atoms with Gasteiger partial charge in [-0.1, -0.05) is 12.1 Å². The number of ether oxygens (including phenoxy) is 1. The molecule has 0 unspecified atom stereocenters. The van der Waals surface area contributed by atoms with E-state index in [1.54, 1.807) is 42.8 Å². The van der Waals surface area contributed by atoms with Crippen LogP contribution in [0.3, 0.4) is 0 Å². The fourth-order valence-corrected chi connectivity index (χ4v) is 2.30. The van der Waals surface area contributed by atoms with Gasteiger partial charge in [-0.05, 0) is 19.1 Å². The van der Waals surface area contributed by atoms with E-state index in [0.29, 0.717) is 21.9 Å². The van der Waals surface area contributed by atoms with Crippen LogP contribution in [0.25, 0.3) is 0 Å². The molecule has 0 saturated heterocycles. The first-order valence-corrected chi connectivity index (χ1v) is 6.53. The molecule has 4 nitrogen and oxygen atoms in total. The normalized spacial score (nSPS) is 10.0. The van der Waals surface area contributed by atoms with Crippen LogP contribution in [-0.2, 0) is 0 Å². The molecule has 0 radical (unpaired) electrons. The van der Waals surface area contributed by atoms with E-state index in [9.17, 15) is 9.59 Å². The van der Waals surface area contributed by atoms with Gasteiger partial charge in [-0.25, -0.2) is 0 Å². The van der Waals surface area contributed by atoms with E-state index < -0.39 is 0 Å². The first kappa shape index (κ1) is 13.3. The summed E-state index contributed by atoms with van der Waals surface area (Å²) in [7, 11) is 1.56. The summed E-state index contributed by atoms with van der Waals surface area (Å²) in [4.78, 5) is 23.8. The molecule has 5 heteroatoms. The van der Waals surface area contributed by atoms with Crippen LogP contribution in [0, 0.1) is 0 Å². The molecule has 1 N–H and O–H groups in total. The smallest absolute Gasteiger partial charge is 0.265 e. The Morgan fingerprint density at radius 3 is 2.68 bits per heavy atom. The Balaban J connectivity index is 2.14. The average molecular weight is 275 g/mol. The zero-order valence-electron chi connectivity index (χ0n) is 10.6. The van der Waals surface area contributed by atoms with Gasteiger partial charge in [-0.2, -0.15) is 0 Å². The maximum atomic E-state index is 12.0. The number of ketones is 1. The number of Topliss-reactive ketones (excluding diaryl/α,β-unsaturated/α-hetero) is 1. The van der Waals surface area contributed by atoms with Crippen LogP contribution in [0.2, 0.25) is 0 Å². The lowest BCUT2D eigenvalue weighted by atomic mass is 10.1. The van der Waals surface area contributed by atoms with Crippen LogP contribution >= 0.6 is 11.3 Å². The first-order chi connectivity index (χ1) is 9.10. The second kappa shape index (κ2) is 5.67. The summed E-state index contributed by atoms with van der Waals surface area (Å²) in [5.41, 5.74) is 1.17. The van der Waals surface area contributed by atoms with Gasteiger partial charge < -0.3 is 10.1 Å². The third-order valence-corrected chi connectivity index (χ3v) is 3.47. The minimum absolute atomic E-state index is 0.0334. The number of benzene rings is 1. The molecule has 2 rings (SSSR count). The topological polar surface area (TPSA) is 55.4 Å². The number of hydrogen-bond donors (Lipinski definition) is 1. The summed E-state index contributed by atoms with van der Waals surface area (Å²) < 4.78 is 5.03. The number of rotatable bonds is 4. The number of thiophene rings is 1. The Labute approximate surface area is 115 Å². The summed E-state index contributed by atoms with van der Waals surface area (Å²) in [5, 5.41) is 4.52. The predicted octanol–water partition coefficient (Wildman–Crippen LogP) is 3.21. The quantitative estimate of drug-likeness (QED) is 0.872. The van der Waals surface area contributed by atoms with Crippen molar-refractivity contribution in [1.29, 1.82) is 0 Å². The van der Waals surface area contributed by atoms with Crippen molar-refractivity contribution in [3.8, 4) is 5.75 Å². The van der Waals surface area contributed by atoms with Crippen molar-refractivity contribution >= 4 is 28.7 Å². The molecule has 0 aliphatic carbocycles. The van der Waals surface area contributed by atoms with Gasteiger partial charge in [0.2, 0.25) is 0 Å². The molecule has 0 aliphatic rings. The lowest BCUT2D eigenvalue weighted by Gasteiger charge is -2.04. The lowest BCUT2D eigenvalue weighted by molar-refractivity contribution is 0.101. The highest BCUT2D eigenvalue weighted by Gasteiger charge is 2.10. The molecule has 0 bridgehead atoms. The Morgan fingerprint density at radius 1 is 1.26 bits per heavy atom. The Morgan fingerprint density at radius 2 is 2.05 bits per heavy atom. The second-order valence-electron chi connectivity index (χ2n) is 3.94. The van der Waals surface area contributed by atoms with Crippen molar-refractivity contribution in [2.45, 2.75) is 6.92 Å². The maximum Gasteiger partial charge on any atom is 0.265 e. The van der Waals surface area contributed by atoms with E-state index >= 15 is 0 Å². The Hall–Kier alpha value is -2.14. The molecule has 0 spiro atoms. The van der Waals surface area contributed by atoms with E-state index in [0.717, 1.165) is 0 Å². The van der Waals surface area contributed by atoms with E-state index in [2.05, 4.69) is 5.32 Å². The highest BCUT2D eigenvalue weighted by Crippen LogP contribution is 2.22. The van der Waals surface area contributed by atoms with Gasteiger partial charge in [0.1, 0.15) is 5.75 Å². The maximum absolute atomic E-state index is 12.0. The number of nitrogens with one attached hydrogen (secondary N) is 1. The van der Waals surface area contributed by atoms with Crippen LogP contribution < -0.4 is 10.1 Å². The summed E-state index contributed by atoms with van der Waals surface area (Å²) in [5.74, 6) is 0.413. The van der Waals surface area contributed by atoms with Gasteiger partial charge in [-0.3, -0.25) is 9.59 Å². The van der Waals surface area contributed by atoms with Crippen LogP contribution in [0.4, 0.5) is 5.69 Å². The van der Waals surface area contributed by atoms with Gasteiger partial charge >= 0.3 is 0 Å². The SMILES string of the molecule is COc1csc(C(=O)Nc2cccc(C(C)=O)c2)c1. The van der Waals surface area contributed by atoms with Gasteiger partial charge in [0.15, 0.2) is 5.78 Å². The number of carbonyl (C=O) groups is 2. The standard InChI is InChI=1S/C14H13NO3S/c1-9(16)10-4-3-5-11(6-10)15-14(17)13-7-12(18-2)8-19-13/h3-8H,1-2H3,(H,15,17). The monoisotopic (exact) mass is 275 g/mol. The van der Waals surface area contributed by atoms with Crippen molar-refractivity contribution in [3.63, 3.8) is 0 Å². The zero-order chi connectivity index (χ0) is 13.8. The minimum Gasteiger partial charge on any atom is -0.496 e. The number of amides is 1. The summed E-state index contributed by atoms with van der Waals surface area (Å²) in [6.45, 7) is 1.49. The molecule has 0 fully saturated rings. The molecule has 0 saturated carbocycles. The first-order valence-electron chi connectivity index (χ1n) is 5.65. The van der Waals surface area contributed by atoms with Crippen molar-refractivity contribution in [2.24, 2.45) is 0 Å². The van der Waals surface area contributed by atoms with Gasteiger partial charge in [0, 0.05) is 22.7 Å². The molecule has 1 amide bonds. The molecule has 1 aromatic heterocycles. The molecular weight excluding hydrogens is 262 g/mol. The summed E-state index contributed by atoms with van der Waals surface area (Å²) in [6, 6.07) is 8.53. The van der Waals surface area contributed by atoms with Gasteiger partial charge in [-0.15, -0.1) is 11.3 Å². The third kappa shape index (κ3) is 3.20. The second-order valence-corrected chi connectivity index (χ2v) is 4.85. The van der Waals surface area contributed by atoms with Crippen molar-refractivity contribution in [3.05, 3.63) is 46.2 Å². The molecule has 1 aromatic carbocycles.